The summed E-state index contributed by atoms with van der Waals surface area (Å²) in [5.74, 6) is -17.2. The highest BCUT2D eigenvalue weighted by Crippen LogP contribution is 2.23. The van der Waals surface area contributed by atoms with Gasteiger partial charge in [0.2, 0.25) is 65.0 Å². The Morgan fingerprint density at radius 2 is 1.05 bits per heavy atom. The number of nitrogens with one attached hydrogen (secondary N) is 10. The summed E-state index contributed by atoms with van der Waals surface area (Å²) < 4.78 is 5.27. The molecular formula is C55H88N12O20. The van der Waals surface area contributed by atoms with E-state index >= 15 is 0 Å². The van der Waals surface area contributed by atoms with Gasteiger partial charge in [-0.1, -0.05) is 85.0 Å². The monoisotopic (exact) mass is 1240 g/mol. The lowest BCUT2D eigenvalue weighted by molar-refractivity contribution is -0.146. The molecule has 32 nitrogen and oxygen atoms in total. The van der Waals surface area contributed by atoms with Gasteiger partial charge in [0.1, 0.15) is 48.3 Å². The van der Waals surface area contributed by atoms with Gasteiger partial charge in [0.15, 0.2) is 0 Å². The van der Waals surface area contributed by atoms with Crippen LogP contribution in [-0.2, 0) is 71.9 Å². The van der Waals surface area contributed by atoms with E-state index < -0.39 is 195 Å². The molecule has 488 valence electrons. The number of piperidine rings is 1. The van der Waals surface area contributed by atoms with Crippen molar-refractivity contribution in [3.05, 3.63) is 0 Å². The number of carboxylic acid groups (broad SMARTS) is 3. The maximum Gasteiger partial charge on any atom is 0.407 e. The molecule has 14 N–H and O–H groups in total. The van der Waals surface area contributed by atoms with Crippen LogP contribution in [0.2, 0.25) is 0 Å². The van der Waals surface area contributed by atoms with Crippen molar-refractivity contribution in [2.24, 2.45) is 5.92 Å². The first-order valence-corrected chi connectivity index (χ1v) is 29.8. The summed E-state index contributed by atoms with van der Waals surface area (Å²) in [6.07, 6.45) is 5.31. The van der Waals surface area contributed by atoms with E-state index in [1.165, 1.54) is 24.2 Å². The first-order valence-electron chi connectivity index (χ1n) is 29.8. The average Bonchev–Trinajstić information content (AvgIpc) is 3.38. The number of aliphatic hydroxyl groups excluding tert-OH is 1. The predicted molar refractivity (Wildman–Crippen MR) is 304 cm³/mol. The molecule has 12 amide bonds. The fourth-order valence-corrected chi connectivity index (χ4v) is 9.95. The summed E-state index contributed by atoms with van der Waals surface area (Å²) in [7, 11) is 0. The maximum absolute atomic E-state index is 14.8. The Hall–Kier alpha value is -8.19. The lowest BCUT2D eigenvalue weighted by atomic mass is 9.96. The molecule has 0 bridgehead atoms. The second-order valence-corrected chi connectivity index (χ2v) is 21.9. The number of hydrogen-bond acceptors (Lipinski definition) is 17. The summed E-state index contributed by atoms with van der Waals surface area (Å²) in [6, 6.07) is -13.3. The van der Waals surface area contributed by atoms with E-state index in [1.807, 2.05) is 0 Å². The number of amides is 12. The van der Waals surface area contributed by atoms with Crippen LogP contribution in [0.3, 0.4) is 0 Å². The Balaban J connectivity index is 2.01. The van der Waals surface area contributed by atoms with Crippen molar-refractivity contribution >= 4 is 89.0 Å². The van der Waals surface area contributed by atoms with Crippen LogP contribution in [-0.4, -0.2) is 220 Å². The number of alkyl carbamates (subject to hydrolysis) is 1. The number of hydrogen-bond donors (Lipinski definition) is 14. The fraction of sp³-hybridized carbons (Fsp3) is 0.727. The zero-order valence-corrected chi connectivity index (χ0v) is 49.9. The Bertz CT molecular complexity index is 2450. The zero-order valence-electron chi connectivity index (χ0n) is 49.9. The van der Waals surface area contributed by atoms with Gasteiger partial charge in [-0.2, -0.15) is 0 Å². The number of carbonyl (C=O) groups is 15. The minimum Gasteiger partial charge on any atom is -0.481 e. The van der Waals surface area contributed by atoms with E-state index in [0.717, 1.165) is 50.3 Å². The van der Waals surface area contributed by atoms with Crippen LogP contribution in [0, 0.1) is 5.92 Å². The van der Waals surface area contributed by atoms with Gasteiger partial charge < -0.3 is 88.1 Å². The van der Waals surface area contributed by atoms with Crippen molar-refractivity contribution < 1.29 is 97.1 Å². The van der Waals surface area contributed by atoms with Gasteiger partial charge in [0.25, 0.3) is 0 Å². The number of carboxylic acids is 3. The molecule has 0 aromatic carbocycles. The Labute approximate surface area is 503 Å². The highest BCUT2D eigenvalue weighted by atomic mass is 16.5. The summed E-state index contributed by atoms with van der Waals surface area (Å²) >= 11 is 0. The molecule has 3 fully saturated rings. The molecule has 0 aliphatic carbocycles. The third kappa shape index (κ3) is 25.7. The van der Waals surface area contributed by atoms with Crippen molar-refractivity contribution in [1.82, 2.24) is 63.0 Å². The smallest absolute Gasteiger partial charge is 0.407 e. The van der Waals surface area contributed by atoms with Crippen molar-refractivity contribution in [3.8, 4) is 0 Å². The summed E-state index contributed by atoms with van der Waals surface area (Å²) in [5, 5.41) is 62.1. The van der Waals surface area contributed by atoms with E-state index in [1.54, 1.807) is 13.8 Å². The van der Waals surface area contributed by atoms with Crippen LogP contribution >= 0.6 is 0 Å². The van der Waals surface area contributed by atoms with Crippen molar-refractivity contribution in [3.63, 3.8) is 0 Å². The Morgan fingerprint density at radius 3 is 1.56 bits per heavy atom. The van der Waals surface area contributed by atoms with Gasteiger partial charge in [-0.25, -0.2) is 4.79 Å². The van der Waals surface area contributed by atoms with E-state index in [2.05, 4.69) is 60.1 Å². The largest absolute Gasteiger partial charge is 0.481 e. The third-order valence-corrected chi connectivity index (χ3v) is 14.9. The second-order valence-electron chi connectivity index (χ2n) is 21.9. The van der Waals surface area contributed by atoms with Crippen LogP contribution in [0.5, 0.6) is 0 Å². The SMILES string of the molecule is CCCCCCCCCCCCOC(=O)N[C@@H](CC(=O)O)C(=O)N[C@H]1CNC(=O)[C@@H]2CCCN2C(=O)[C@H]([C@@H](C)CC)NC(=O)[C@H]([C@@H](C)O)NC(=O)CNC(=O)[C@H](CC(=O)O)NC(=O)CNC(=O)[C@H](CC(=O)O)NC(=O)CNC(=O)[C@@H]2CCCCN2C1=O. The molecule has 0 aromatic rings. The van der Waals surface area contributed by atoms with E-state index in [-0.39, 0.29) is 45.4 Å². The van der Waals surface area contributed by atoms with E-state index in [4.69, 9.17) is 4.74 Å². The molecule has 3 aliphatic heterocycles. The van der Waals surface area contributed by atoms with Gasteiger partial charge in [-0.15, -0.1) is 0 Å². The van der Waals surface area contributed by atoms with Crippen LogP contribution in [0.25, 0.3) is 0 Å². The highest BCUT2D eigenvalue weighted by molar-refractivity contribution is 6.00. The molecule has 10 atom stereocenters. The van der Waals surface area contributed by atoms with Crippen LogP contribution in [0.1, 0.15) is 150 Å². The minimum atomic E-state index is -1.90. The molecule has 0 unspecified atom stereocenters. The lowest BCUT2D eigenvalue weighted by Crippen LogP contribution is -2.63. The molecule has 87 heavy (non-hydrogen) atoms. The molecule has 0 spiro atoms. The lowest BCUT2D eigenvalue weighted by Gasteiger charge is -2.37. The summed E-state index contributed by atoms with van der Waals surface area (Å²) in [6.45, 7) is 2.71. The number of rotatable bonds is 23. The maximum atomic E-state index is 14.8. The molecule has 3 saturated heterocycles. The number of aliphatic carboxylic acids is 3. The van der Waals surface area contributed by atoms with Crippen molar-refractivity contribution in [1.29, 1.82) is 0 Å². The predicted octanol–water partition coefficient (Wildman–Crippen LogP) is -2.87. The van der Waals surface area contributed by atoms with Crippen LogP contribution < -0.4 is 53.2 Å². The molecule has 32 heteroatoms. The standard InChI is InChI=1S/C55H88N12O20/c1-5-7-8-9-10-11-12-13-14-17-23-87-55(86)63-35(26-44(76)77)49(80)62-36-27-56-50(81)38-20-18-22-67(38)54(85)45(31(3)6-2)65-52(83)46(32(4)68)64-41(71)30-58-48(79)34(25-43(74)75)60-39(69)28-57-47(78)33(24-42(72)73)61-40(70)29-59-51(82)37-19-15-16-21-66(37)53(36)84/h31-38,45-46,68H,5-30H2,1-4H3,(H,56,81)(H,57,78)(H,58,79)(H,59,82)(H,60,69)(H,61,70)(H,62,80)(H,63,86)(H,64,71)(H,65,83)(H,72,73)(H,74,75)(H,76,77)/t31-,32+,33-,34-,35-,36-,37-,38-,45-,46-/m0/s1. The molecule has 0 radical (unpaired) electrons. The first-order chi connectivity index (χ1) is 41.3. The number of unbranched alkanes of at least 4 members (excludes halogenated alkanes) is 9. The van der Waals surface area contributed by atoms with Gasteiger partial charge in [-0.05, 0) is 51.4 Å². The average molecular weight is 1240 g/mol. The molecule has 0 aromatic heterocycles. The van der Waals surface area contributed by atoms with E-state index in [9.17, 15) is 92.3 Å². The molecule has 3 aliphatic rings. The van der Waals surface area contributed by atoms with Gasteiger partial charge in [-0.3, -0.25) is 67.1 Å². The number of fused-ring (bicyclic) bond motifs is 2. The minimum absolute atomic E-state index is 0.0220. The molecule has 0 saturated carbocycles. The van der Waals surface area contributed by atoms with Crippen LogP contribution in [0.15, 0.2) is 0 Å². The Morgan fingerprint density at radius 1 is 0.563 bits per heavy atom. The van der Waals surface area contributed by atoms with Gasteiger partial charge in [0, 0.05) is 19.6 Å². The van der Waals surface area contributed by atoms with Crippen molar-refractivity contribution in [2.45, 2.75) is 204 Å². The van der Waals surface area contributed by atoms with E-state index in [0.29, 0.717) is 19.3 Å². The summed E-state index contributed by atoms with van der Waals surface area (Å²) in [5.41, 5.74) is 0. The molecule has 3 heterocycles. The molecule has 3 rings (SSSR count). The normalized spacial score (nSPS) is 24.0. The van der Waals surface area contributed by atoms with Gasteiger partial charge >= 0.3 is 24.0 Å². The second kappa shape index (κ2) is 38.1. The summed E-state index contributed by atoms with van der Waals surface area (Å²) in [4.78, 5) is 202. The van der Waals surface area contributed by atoms with Crippen molar-refractivity contribution in [2.75, 3.05) is 45.9 Å². The number of aliphatic hydroxyl groups is 1. The zero-order chi connectivity index (χ0) is 64.8. The number of nitrogens with zero attached hydrogens (tertiary/aromatic N) is 2. The number of ether oxygens (including phenoxy) is 1. The molecular weight excluding hydrogens is 1150 g/mol. The van der Waals surface area contributed by atoms with Crippen LogP contribution in [0.4, 0.5) is 4.79 Å². The highest BCUT2D eigenvalue weighted by Gasteiger charge is 2.43. The first kappa shape index (κ1) is 73.1. The van der Waals surface area contributed by atoms with Gasteiger partial charge in [0.05, 0.1) is 51.6 Å². The number of carbonyl (C=O) groups excluding carboxylic acids is 12. The topological polar surface area (TPSA) is 473 Å². The fourth-order valence-electron chi connectivity index (χ4n) is 9.95. The quantitative estimate of drug-likeness (QED) is 0.0457. The third-order valence-electron chi connectivity index (χ3n) is 14.9. The Kier molecular flexibility index (Phi) is 32.0.